The van der Waals surface area contributed by atoms with Gasteiger partial charge in [0, 0.05) is 6.08 Å². The van der Waals surface area contributed by atoms with Gasteiger partial charge in [-0.25, -0.2) is 4.98 Å². The smallest absolute Gasteiger partial charge is 0.220 e. The number of oxazole rings is 1. The van der Waals surface area contributed by atoms with E-state index in [9.17, 15) is 0 Å². The number of benzene rings is 2. The zero-order chi connectivity index (χ0) is 14.1. The van der Waals surface area contributed by atoms with Gasteiger partial charge < -0.3 is 4.42 Å². The number of hydrogen-bond acceptors (Lipinski definition) is 2. The van der Waals surface area contributed by atoms with E-state index < -0.39 is 0 Å². The zero-order valence-corrected chi connectivity index (χ0v) is 12.0. The summed E-state index contributed by atoms with van der Waals surface area (Å²) < 4.78 is 5.73. The summed E-state index contributed by atoms with van der Waals surface area (Å²) >= 11 is 0. The van der Waals surface area contributed by atoms with Crippen LogP contribution < -0.4 is 0 Å². The highest BCUT2D eigenvalue weighted by Gasteiger charge is 2.04. The van der Waals surface area contributed by atoms with Crippen LogP contribution in [-0.2, 0) is 0 Å². The van der Waals surface area contributed by atoms with E-state index in [1.165, 1.54) is 11.1 Å². The SMILES string of the molecule is Cc1ccc(/C=C/c2nc3c(C)cccc3o2)cc1C. The van der Waals surface area contributed by atoms with Crippen LogP contribution in [0.2, 0.25) is 0 Å². The van der Waals surface area contributed by atoms with E-state index in [2.05, 4.69) is 37.0 Å². The highest BCUT2D eigenvalue weighted by Crippen LogP contribution is 2.20. The molecule has 0 saturated heterocycles. The standard InChI is InChI=1S/C18H17NO/c1-12-7-8-15(11-14(12)3)9-10-17-19-18-13(2)5-4-6-16(18)20-17/h4-11H,1-3H3/b10-9+. The van der Waals surface area contributed by atoms with E-state index in [-0.39, 0.29) is 0 Å². The maximum absolute atomic E-state index is 5.73. The van der Waals surface area contributed by atoms with Crippen LogP contribution in [-0.4, -0.2) is 4.98 Å². The molecule has 0 bridgehead atoms. The Balaban J connectivity index is 1.94. The Labute approximate surface area is 118 Å². The van der Waals surface area contributed by atoms with Crippen LogP contribution in [0.5, 0.6) is 0 Å². The Morgan fingerprint density at radius 1 is 0.900 bits per heavy atom. The number of nitrogens with zero attached hydrogens (tertiary/aromatic N) is 1. The fourth-order valence-corrected chi connectivity index (χ4v) is 2.21. The minimum Gasteiger partial charge on any atom is -0.437 e. The predicted molar refractivity (Wildman–Crippen MR) is 83.6 cm³/mol. The topological polar surface area (TPSA) is 26.0 Å². The molecule has 1 aromatic heterocycles. The summed E-state index contributed by atoms with van der Waals surface area (Å²) in [5.74, 6) is 0.646. The van der Waals surface area contributed by atoms with Crippen LogP contribution in [0.15, 0.2) is 40.8 Å². The van der Waals surface area contributed by atoms with Gasteiger partial charge in [-0.15, -0.1) is 0 Å². The monoisotopic (exact) mass is 263 g/mol. The van der Waals surface area contributed by atoms with Crippen molar-refractivity contribution in [3.05, 3.63) is 64.5 Å². The molecule has 2 heteroatoms. The van der Waals surface area contributed by atoms with E-state index in [1.807, 2.05) is 37.3 Å². The van der Waals surface area contributed by atoms with Crippen LogP contribution in [0, 0.1) is 20.8 Å². The van der Waals surface area contributed by atoms with Crippen molar-refractivity contribution in [1.29, 1.82) is 0 Å². The summed E-state index contributed by atoms with van der Waals surface area (Å²) in [4.78, 5) is 4.51. The molecule has 0 aliphatic rings. The number of aromatic nitrogens is 1. The zero-order valence-electron chi connectivity index (χ0n) is 12.0. The van der Waals surface area contributed by atoms with Gasteiger partial charge in [-0.05, 0) is 55.2 Å². The third-order valence-corrected chi connectivity index (χ3v) is 3.59. The highest BCUT2D eigenvalue weighted by atomic mass is 16.3. The van der Waals surface area contributed by atoms with Gasteiger partial charge in [0.15, 0.2) is 5.58 Å². The Morgan fingerprint density at radius 2 is 1.75 bits per heavy atom. The lowest BCUT2D eigenvalue weighted by Gasteiger charge is -2.00. The van der Waals surface area contributed by atoms with Crippen molar-refractivity contribution in [3.63, 3.8) is 0 Å². The molecule has 0 fully saturated rings. The fraction of sp³-hybridized carbons (Fsp3) is 0.167. The molecule has 2 nitrogen and oxygen atoms in total. The van der Waals surface area contributed by atoms with Crippen molar-refractivity contribution < 1.29 is 4.42 Å². The average Bonchev–Trinajstić information content (AvgIpc) is 2.85. The third kappa shape index (κ3) is 2.37. The summed E-state index contributed by atoms with van der Waals surface area (Å²) in [5.41, 5.74) is 6.67. The Hall–Kier alpha value is -2.35. The molecule has 0 aliphatic heterocycles. The molecule has 0 N–H and O–H groups in total. The number of rotatable bonds is 2. The number of hydrogen-bond donors (Lipinski definition) is 0. The van der Waals surface area contributed by atoms with E-state index in [1.54, 1.807) is 0 Å². The van der Waals surface area contributed by atoms with Gasteiger partial charge >= 0.3 is 0 Å². The molecule has 20 heavy (non-hydrogen) atoms. The lowest BCUT2D eigenvalue weighted by Crippen LogP contribution is -1.81. The first kappa shape index (κ1) is 12.7. The summed E-state index contributed by atoms with van der Waals surface area (Å²) in [6, 6.07) is 12.4. The van der Waals surface area contributed by atoms with Gasteiger partial charge in [-0.1, -0.05) is 30.3 Å². The molecule has 0 atom stereocenters. The Morgan fingerprint density at radius 3 is 2.50 bits per heavy atom. The van der Waals surface area contributed by atoms with Gasteiger partial charge in [0.25, 0.3) is 0 Å². The van der Waals surface area contributed by atoms with Crippen LogP contribution in [0.25, 0.3) is 23.3 Å². The molecule has 0 radical (unpaired) electrons. The molecule has 100 valence electrons. The molecule has 1 heterocycles. The van der Waals surface area contributed by atoms with Crippen molar-refractivity contribution >= 4 is 23.3 Å². The molecule has 3 rings (SSSR count). The van der Waals surface area contributed by atoms with Gasteiger partial charge in [-0.2, -0.15) is 0 Å². The van der Waals surface area contributed by atoms with Crippen LogP contribution >= 0.6 is 0 Å². The van der Waals surface area contributed by atoms with Gasteiger partial charge in [0.1, 0.15) is 5.52 Å². The number of aryl methyl sites for hydroxylation is 3. The van der Waals surface area contributed by atoms with E-state index in [4.69, 9.17) is 4.42 Å². The maximum Gasteiger partial charge on any atom is 0.220 e. The van der Waals surface area contributed by atoms with Crippen LogP contribution in [0.3, 0.4) is 0 Å². The highest BCUT2D eigenvalue weighted by molar-refractivity contribution is 5.78. The first-order valence-corrected chi connectivity index (χ1v) is 6.75. The maximum atomic E-state index is 5.73. The average molecular weight is 263 g/mol. The van der Waals surface area contributed by atoms with E-state index >= 15 is 0 Å². The molecule has 0 amide bonds. The second-order valence-electron chi connectivity index (χ2n) is 5.15. The van der Waals surface area contributed by atoms with Gasteiger partial charge in [-0.3, -0.25) is 0 Å². The Kier molecular flexibility index (Phi) is 3.15. The first-order chi connectivity index (χ1) is 9.63. The van der Waals surface area contributed by atoms with Crippen molar-refractivity contribution in [1.82, 2.24) is 4.98 Å². The molecule has 0 unspecified atom stereocenters. The largest absolute Gasteiger partial charge is 0.437 e. The second-order valence-corrected chi connectivity index (χ2v) is 5.15. The van der Waals surface area contributed by atoms with Gasteiger partial charge in [0.2, 0.25) is 5.89 Å². The summed E-state index contributed by atoms with van der Waals surface area (Å²) in [7, 11) is 0. The minimum atomic E-state index is 0.646. The normalized spacial score (nSPS) is 11.6. The molecular weight excluding hydrogens is 246 g/mol. The van der Waals surface area contributed by atoms with Gasteiger partial charge in [0.05, 0.1) is 0 Å². The van der Waals surface area contributed by atoms with Crippen molar-refractivity contribution in [2.45, 2.75) is 20.8 Å². The second kappa shape index (κ2) is 4.97. The number of para-hydroxylation sites is 1. The molecule has 0 spiro atoms. The minimum absolute atomic E-state index is 0.646. The third-order valence-electron chi connectivity index (χ3n) is 3.59. The fourth-order valence-electron chi connectivity index (χ4n) is 2.21. The van der Waals surface area contributed by atoms with Crippen molar-refractivity contribution in [2.75, 3.05) is 0 Å². The summed E-state index contributed by atoms with van der Waals surface area (Å²) in [5, 5.41) is 0. The van der Waals surface area contributed by atoms with E-state index in [0.717, 1.165) is 22.2 Å². The predicted octanol–water partition coefficient (Wildman–Crippen LogP) is 4.92. The van der Waals surface area contributed by atoms with Crippen LogP contribution in [0.1, 0.15) is 28.1 Å². The summed E-state index contributed by atoms with van der Waals surface area (Å²) in [6.07, 6.45) is 3.95. The molecule has 3 aromatic rings. The lowest BCUT2D eigenvalue weighted by molar-refractivity contribution is 0.589. The van der Waals surface area contributed by atoms with Crippen molar-refractivity contribution in [2.24, 2.45) is 0 Å². The molecular formula is C18H17NO. The number of fused-ring (bicyclic) bond motifs is 1. The molecule has 0 aliphatic carbocycles. The lowest BCUT2D eigenvalue weighted by atomic mass is 10.1. The van der Waals surface area contributed by atoms with E-state index in [0.29, 0.717) is 5.89 Å². The first-order valence-electron chi connectivity index (χ1n) is 6.75. The van der Waals surface area contributed by atoms with Crippen molar-refractivity contribution in [3.8, 4) is 0 Å². The Bertz CT molecular complexity index is 796. The van der Waals surface area contributed by atoms with Crippen LogP contribution in [0.4, 0.5) is 0 Å². The summed E-state index contributed by atoms with van der Waals surface area (Å²) in [6.45, 7) is 6.28. The molecule has 0 saturated carbocycles. The molecule has 2 aromatic carbocycles. The quantitative estimate of drug-likeness (QED) is 0.655.